The molecule has 1 aromatic heterocycles. The van der Waals surface area contributed by atoms with E-state index in [1.165, 1.54) is 7.11 Å². The Hall–Kier alpha value is -1.82. The number of carbonyl (C=O) groups is 2. The molecule has 0 saturated heterocycles. The zero-order valence-electron chi connectivity index (χ0n) is 13.5. The summed E-state index contributed by atoms with van der Waals surface area (Å²) >= 11 is 0. The molecule has 0 fully saturated rings. The van der Waals surface area contributed by atoms with Crippen molar-refractivity contribution in [3.05, 3.63) is 23.2 Å². The molecule has 6 nitrogen and oxygen atoms in total. The van der Waals surface area contributed by atoms with Gasteiger partial charge >= 0.3 is 11.9 Å². The number of methoxy groups -OCH3 is 1. The maximum Gasteiger partial charge on any atom is 0.341 e. The Balaban J connectivity index is 2.61. The lowest BCUT2D eigenvalue weighted by Crippen LogP contribution is -2.32. The summed E-state index contributed by atoms with van der Waals surface area (Å²) in [7, 11) is 3.10. The number of esters is 2. The molecule has 0 spiro atoms. The molecule has 21 heavy (non-hydrogen) atoms. The molecule has 1 rings (SSSR count). The summed E-state index contributed by atoms with van der Waals surface area (Å²) in [6, 6.07) is 1.63. The number of hydrogen-bond acceptors (Lipinski definition) is 6. The second kappa shape index (κ2) is 6.76. The van der Waals surface area contributed by atoms with E-state index in [4.69, 9.17) is 9.15 Å². The highest BCUT2D eigenvalue weighted by molar-refractivity contribution is 5.90. The normalized spacial score (nSPS) is 11.6. The summed E-state index contributed by atoms with van der Waals surface area (Å²) in [6.07, 6.45) is 0. The van der Waals surface area contributed by atoms with E-state index in [-0.39, 0.29) is 12.5 Å². The summed E-state index contributed by atoms with van der Waals surface area (Å²) in [6.45, 7) is 7.71. The van der Waals surface area contributed by atoms with Gasteiger partial charge in [0.15, 0.2) is 0 Å². The Labute approximate surface area is 125 Å². The lowest BCUT2D eigenvalue weighted by molar-refractivity contribution is -0.155. The van der Waals surface area contributed by atoms with Crippen molar-refractivity contribution in [1.82, 2.24) is 4.90 Å². The van der Waals surface area contributed by atoms with E-state index in [9.17, 15) is 9.59 Å². The van der Waals surface area contributed by atoms with Crippen LogP contribution < -0.4 is 0 Å². The van der Waals surface area contributed by atoms with Crippen molar-refractivity contribution in [2.45, 2.75) is 39.8 Å². The van der Waals surface area contributed by atoms with E-state index >= 15 is 0 Å². The average molecular weight is 297 g/mol. The molecule has 6 heteroatoms. The maximum absolute atomic E-state index is 11.7. The highest BCUT2D eigenvalue weighted by Gasteiger charge is 2.19. The van der Waals surface area contributed by atoms with Gasteiger partial charge in [-0.3, -0.25) is 9.69 Å². The maximum atomic E-state index is 11.7. The fraction of sp³-hybridized carbons (Fsp3) is 0.600. The van der Waals surface area contributed by atoms with Gasteiger partial charge in [-0.05, 0) is 40.8 Å². The molecule has 0 bridgehead atoms. The number of aryl methyl sites for hydroxylation is 1. The summed E-state index contributed by atoms with van der Waals surface area (Å²) in [5.74, 6) is 0.361. The average Bonchev–Trinajstić information content (AvgIpc) is 2.66. The minimum Gasteiger partial charge on any atom is -0.465 e. The van der Waals surface area contributed by atoms with Gasteiger partial charge < -0.3 is 13.9 Å². The molecule has 0 atom stereocenters. The van der Waals surface area contributed by atoms with Gasteiger partial charge in [-0.2, -0.15) is 0 Å². The Morgan fingerprint density at radius 3 is 2.48 bits per heavy atom. The Kier molecular flexibility index (Phi) is 5.54. The van der Waals surface area contributed by atoms with Gasteiger partial charge in [0.1, 0.15) is 22.7 Å². The molecule has 0 aromatic carbocycles. The van der Waals surface area contributed by atoms with Crippen LogP contribution in [0, 0.1) is 6.92 Å². The first kappa shape index (κ1) is 17.2. The first-order chi connectivity index (χ1) is 9.62. The van der Waals surface area contributed by atoms with E-state index < -0.39 is 11.6 Å². The largest absolute Gasteiger partial charge is 0.465 e. The molecule has 0 amide bonds. The second-order valence-electron chi connectivity index (χ2n) is 5.93. The third kappa shape index (κ3) is 5.59. The smallest absolute Gasteiger partial charge is 0.341 e. The quantitative estimate of drug-likeness (QED) is 0.776. The molecule has 0 aliphatic heterocycles. The standard InChI is InChI=1S/C15H23NO5/c1-10-12(14(18)19-6)7-11(20-10)8-16(5)9-13(17)21-15(2,3)4/h7H,8-9H2,1-6H3. The number of likely N-dealkylation sites (N-methyl/N-ethyl adjacent to an activating group) is 1. The third-order valence-electron chi connectivity index (χ3n) is 2.62. The van der Waals surface area contributed by atoms with Gasteiger partial charge in [0.2, 0.25) is 0 Å². The van der Waals surface area contributed by atoms with Crippen LogP contribution in [0.15, 0.2) is 10.5 Å². The topological polar surface area (TPSA) is 69.0 Å². The van der Waals surface area contributed by atoms with Crippen LogP contribution in [0.1, 0.15) is 42.6 Å². The molecule has 1 aromatic rings. The summed E-state index contributed by atoms with van der Waals surface area (Å²) in [4.78, 5) is 25.0. The molecule has 0 N–H and O–H groups in total. The fourth-order valence-electron chi connectivity index (χ4n) is 1.85. The first-order valence-corrected chi connectivity index (χ1v) is 6.70. The highest BCUT2D eigenvalue weighted by Crippen LogP contribution is 2.17. The third-order valence-corrected chi connectivity index (χ3v) is 2.62. The lowest BCUT2D eigenvalue weighted by atomic mass is 10.2. The summed E-state index contributed by atoms with van der Waals surface area (Å²) in [5, 5.41) is 0. The predicted octanol–water partition coefficient (Wildman–Crippen LogP) is 2.15. The van der Waals surface area contributed by atoms with Crippen LogP contribution >= 0.6 is 0 Å². The predicted molar refractivity (Wildman–Crippen MR) is 77.0 cm³/mol. The second-order valence-corrected chi connectivity index (χ2v) is 5.93. The van der Waals surface area contributed by atoms with Crippen molar-refractivity contribution in [1.29, 1.82) is 0 Å². The number of rotatable bonds is 5. The van der Waals surface area contributed by atoms with E-state index in [2.05, 4.69) is 4.74 Å². The molecular weight excluding hydrogens is 274 g/mol. The molecule has 118 valence electrons. The monoisotopic (exact) mass is 297 g/mol. The van der Waals surface area contributed by atoms with E-state index in [0.717, 1.165) is 0 Å². The Morgan fingerprint density at radius 1 is 1.33 bits per heavy atom. The van der Waals surface area contributed by atoms with Crippen molar-refractivity contribution in [2.75, 3.05) is 20.7 Å². The van der Waals surface area contributed by atoms with Gasteiger partial charge in [0.05, 0.1) is 20.2 Å². The number of ether oxygens (including phenoxy) is 2. The molecular formula is C15H23NO5. The fourth-order valence-corrected chi connectivity index (χ4v) is 1.85. The number of hydrogen-bond donors (Lipinski definition) is 0. The minimum absolute atomic E-state index is 0.143. The number of carbonyl (C=O) groups excluding carboxylic acids is 2. The van der Waals surface area contributed by atoms with Crippen LogP contribution in [0.2, 0.25) is 0 Å². The number of furan rings is 1. The van der Waals surface area contributed by atoms with Gasteiger partial charge in [-0.25, -0.2) is 4.79 Å². The number of nitrogens with zero attached hydrogens (tertiary/aromatic N) is 1. The Bertz CT molecular complexity index is 513. The van der Waals surface area contributed by atoms with Crippen molar-refractivity contribution >= 4 is 11.9 Å². The van der Waals surface area contributed by atoms with Crippen molar-refractivity contribution in [2.24, 2.45) is 0 Å². The molecule has 0 unspecified atom stereocenters. The van der Waals surface area contributed by atoms with Gasteiger partial charge in [-0.15, -0.1) is 0 Å². The van der Waals surface area contributed by atoms with Gasteiger partial charge in [0.25, 0.3) is 0 Å². The van der Waals surface area contributed by atoms with E-state index in [1.54, 1.807) is 24.9 Å². The molecule has 1 heterocycles. The first-order valence-electron chi connectivity index (χ1n) is 6.70. The van der Waals surface area contributed by atoms with Crippen LogP contribution in [0.25, 0.3) is 0 Å². The van der Waals surface area contributed by atoms with Crippen molar-refractivity contribution < 1.29 is 23.5 Å². The Morgan fingerprint density at radius 2 is 1.95 bits per heavy atom. The minimum atomic E-state index is -0.503. The zero-order chi connectivity index (χ0) is 16.2. The van der Waals surface area contributed by atoms with Crippen LogP contribution in [0.3, 0.4) is 0 Å². The van der Waals surface area contributed by atoms with Gasteiger partial charge in [0, 0.05) is 0 Å². The SMILES string of the molecule is COC(=O)c1cc(CN(C)CC(=O)OC(C)(C)C)oc1C. The van der Waals surface area contributed by atoms with E-state index in [1.807, 2.05) is 20.8 Å². The van der Waals surface area contributed by atoms with Crippen LogP contribution in [-0.2, 0) is 20.8 Å². The lowest BCUT2D eigenvalue weighted by Gasteiger charge is -2.22. The van der Waals surface area contributed by atoms with Crippen molar-refractivity contribution in [3.8, 4) is 0 Å². The summed E-state index contributed by atoms with van der Waals surface area (Å²) in [5.41, 5.74) is -0.102. The molecule has 0 aliphatic carbocycles. The molecule has 0 radical (unpaired) electrons. The van der Waals surface area contributed by atoms with Crippen LogP contribution in [-0.4, -0.2) is 43.1 Å². The van der Waals surface area contributed by atoms with Crippen LogP contribution in [0.5, 0.6) is 0 Å². The summed E-state index contributed by atoms with van der Waals surface area (Å²) < 4.78 is 15.4. The van der Waals surface area contributed by atoms with Crippen molar-refractivity contribution in [3.63, 3.8) is 0 Å². The molecule has 0 saturated carbocycles. The van der Waals surface area contributed by atoms with E-state index in [0.29, 0.717) is 23.6 Å². The molecule has 0 aliphatic rings. The zero-order valence-corrected chi connectivity index (χ0v) is 13.5. The van der Waals surface area contributed by atoms with Crippen LogP contribution in [0.4, 0.5) is 0 Å². The van der Waals surface area contributed by atoms with Gasteiger partial charge in [-0.1, -0.05) is 0 Å². The highest BCUT2D eigenvalue weighted by atomic mass is 16.6.